The molecule has 0 aromatic heterocycles. The minimum Gasteiger partial charge on any atom is -0.359 e. The number of rotatable bonds is 8. The molecule has 3 heteroatoms. The molecule has 0 aliphatic heterocycles. The summed E-state index contributed by atoms with van der Waals surface area (Å²) in [5.41, 5.74) is 3.44. The van der Waals surface area contributed by atoms with Gasteiger partial charge in [0.25, 0.3) is 0 Å². The van der Waals surface area contributed by atoms with Gasteiger partial charge in [0.15, 0.2) is 5.12 Å². The molecule has 4 aromatic carbocycles. The SMILES string of the molecule is CC(=O)SC(COC(c1ccccc1)(c1ccccc1)c1ccccc1)c1ccccc1. The van der Waals surface area contributed by atoms with E-state index in [2.05, 4.69) is 48.5 Å². The summed E-state index contributed by atoms with van der Waals surface area (Å²) in [5, 5.41) is -0.0311. The maximum absolute atomic E-state index is 12.1. The maximum Gasteiger partial charge on any atom is 0.186 e. The first-order valence-electron chi connectivity index (χ1n) is 10.7. The maximum atomic E-state index is 12.1. The Hall–Kier alpha value is -3.14. The van der Waals surface area contributed by atoms with Gasteiger partial charge in [-0.2, -0.15) is 0 Å². The van der Waals surface area contributed by atoms with E-state index in [4.69, 9.17) is 4.74 Å². The standard InChI is InChI=1S/C29H26O2S/c1-23(30)32-28(24-14-6-2-7-15-24)22-31-29(25-16-8-3-9-17-25,26-18-10-4-11-19-26)27-20-12-5-13-21-27/h2-21,28H,22H2,1H3. The summed E-state index contributed by atoms with van der Waals surface area (Å²) in [6.07, 6.45) is 0. The zero-order valence-corrected chi connectivity index (χ0v) is 18.9. The Kier molecular flexibility index (Phi) is 7.21. The minimum atomic E-state index is -0.797. The van der Waals surface area contributed by atoms with Gasteiger partial charge in [-0.1, -0.05) is 133 Å². The van der Waals surface area contributed by atoms with Crippen LogP contribution in [0, 0.1) is 0 Å². The van der Waals surface area contributed by atoms with E-state index in [1.807, 2.05) is 72.8 Å². The lowest BCUT2D eigenvalue weighted by atomic mass is 9.80. The molecule has 0 N–H and O–H groups in total. The Morgan fingerprint density at radius 3 is 1.44 bits per heavy atom. The Morgan fingerprint density at radius 1 is 0.688 bits per heavy atom. The molecule has 4 rings (SSSR count). The van der Waals surface area contributed by atoms with Crippen molar-refractivity contribution in [3.05, 3.63) is 144 Å². The molecule has 32 heavy (non-hydrogen) atoms. The summed E-state index contributed by atoms with van der Waals surface area (Å²) in [6, 6.07) is 41.0. The van der Waals surface area contributed by atoms with Crippen molar-refractivity contribution in [1.82, 2.24) is 0 Å². The van der Waals surface area contributed by atoms with Crippen LogP contribution < -0.4 is 0 Å². The van der Waals surface area contributed by atoms with Crippen molar-refractivity contribution in [1.29, 1.82) is 0 Å². The third-order valence-electron chi connectivity index (χ3n) is 5.47. The van der Waals surface area contributed by atoms with Gasteiger partial charge in [0, 0.05) is 6.92 Å². The van der Waals surface area contributed by atoms with Crippen LogP contribution in [0.15, 0.2) is 121 Å². The Morgan fingerprint density at radius 2 is 1.06 bits per heavy atom. The predicted octanol–water partition coefficient (Wildman–Crippen LogP) is 7.02. The number of carbonyl (C=O) groups is 1. The molecule has 160 valence electrons. The highest BCUT2D eigenvalue weighted by molar-refractivity contribution is 8.13. The third-order valence-corrected chi connectivity index (χ3v) is 6.50. The van der Waals surface area contributed by atoms with E-state index in [1.54, 1.807) is 6.92 Å². The van der Waals surface area contributed by atoms with Crippen LogP contribution in [0.4, 0.5) is 0 Å². The Bertz CT molecular complexity index is 1020. The molecular formula is C29H26O2S. The van der Waals surface area contributed by atoms with Crippen molar-refractivity contribution < 1.29 is 9.53 Å². The van der Waals surface area contributed by atoms with Gasteiger partial charge in [0.1, 0.15) is 5.60 Å². The van der Waals surface area contributed by atoms with Gasteiger partial charge in [0.05, 0.1) is 11.9 Å². The lowest BCUT2D eigenvalue weighted by Gasteiger charge is -2.37. The van der Waals surface area contributed by atoms with Crippen molar-refractivity contribution in [3.63, 3.8) is 0 Å². The summed E-state index contributed by atoms with van der Waals surface area (Å²) in [4.78, 5) is 12.1. The summed E-state index contributed by atoms with van der Waals surface area (Å²) < 4.78 is 6.93. The lowest BCUT2D eigenvalue weighted by molar-refractivity contribution is -0.109. The molecule has 0 aliphatic carbocycles. The fraction of sp³-hybridized carbons (Fsp3) is 0.138. The molecule has 0 amide bonds. The van der Waals surface area contributed by atoms with E-state index in [0.29, 0.717) is 6.61 Å². The lowest BCUT2D eigenvalue weighted by Crippen LogP contribution is -2.34. The molecule has 0 radical (unpaired) electrons. The third kappa shape index (κ3) is 4.85. The zero-order chi connectivity index (χ0) is 22.2. The number of benzene rings is 4. The molecule has 0 saturated carbocycles. The summed E-state index contributed by atoms with van der Waals surface area (Å²) in [6.45, 7) is 1.99. The number of carbonyl (C=O) groups excluding carboxylic acids is 1. The molecular weight excluding hydrogens is 412 g/mol. The van der Waals surface area contributed by atoms with Crippen molar-refractivity contribution in [2.75, 3.05) is 6.61 Å². The molecule has 0 heterocycles. The molecule has 0 aliphatic rings. The molecule has 0 spiro atoms. The smallest absolute Gasteiger partial charge is 0.186 e. The molecule has 0 fully saturated rings. The van der Waals surface area contributed by atoms with Crippen LogP contribution in [0.3, 0.4) is 0 Å². The van der Waals surface area contributed by atoms with E-state index in [1.165, 1.54) is 11.8 Å². The van der Waals surface area contributed by atoms with E-state index in [0.717, 1.165) is 22.3 Å². The van der Waals surface area contributed by atoms with Crippen LogP contribution >= 0.6 is 11.8 Å². The average molecular weight is 439 g/mol. The normalized spacial score (nSPS) is 12.3. The molecule has 0 bridgehead atoms. The van der Waals surface area contributed by atoms with Crippen LogP contribution in [0.5, 0.6) is 0 Å². The highest BCUT2D eigenvalue weighted by Gasteiger charge is 2.38. The van der Waals surface area contributed by atoms with Gasteiger partial charge in [-0.05, 0) is 22.3 Å². The van der Waals surface area contributed by atoms with Gasteiger partial charge >= 0.3 is 0 Å². The number of thioether (sulfide) groups is 1. The Balaban J connectivity index is 1.83. The van der Waals surface area contributed by atoms with E-state index >= 15 is 0 Å². The Labute approximate surface area is 194 Å². The van der Waals surface area contributed by atoms with Crippen molar-refractivity contribution in [2.45, 2.75) is 17.8 Å². The molecule has 4 aromatic rings. The van der Waals surface area contributed by atoms with Gasteiger partial charge < -0.3 is 4.74 Å². The van der Waals surface area contributed by atoms with Gasteiger partial charge in [-0.15, -0.1) is 0 Å². The van der Waals surface area contributed by atoms with Crippen LogP contribution in [-0.2, 0) is 15.1 Å². The molecule has 0 saturated heterocycles. The fourth-order valence-corrected chi connectivity index (χ4v) is 4.87. The van der Waals surface area contributed by atoms with Gasteiger partial charge in [-0.25, -0.2) is 0 Å². The topological polar surface area (TPSA) is 26.3 Å². The minimum absolute atomic E-state index is 0.0761. The summed E-state index contributed by atoms with van der Waals surface area (Å²) in [7, 11) is 0. The zero-order valence-electron chi connectivity index (χ0n) is 18.1. The largest absolute Gasteiger partial charge is 0.359 e. The predicted molar refractivity (Wildman–Crippen MR) is 133 cm³/mol. The highest BCUT2D eigenvalue weighted by atomic mass is 32.2. The van der Waals surface area contributed by atoms with Gasteiger partial charge in [-0.3, -0.25) is 4.79 Å². The first-order valence-corrected chi connectivity index (χ1v) is 11.6. The summed E-state index contributed by atoms with van der Waals surface area (Å²) in [5.74, 6) is 0. The second-order valence-electron chi connectivity index (χ2n) is 7.60. The van der Waals surface area contributed by atoms with Crippen LogP contribution in [0.1, 0.15) is 34.4 Å². The second-order valence-corrected chi connectivity index (χ2v) is 8.98. The molecule has 2 nitrogen and oxygen atoms in total. The van der Waals surface area contributed by atoms with E-state index in [-0.39, 0.29) is 10.4 Å². The van der Waals surface area contributed by atoms with Crippen LogP contribution in [-0.4, -0.2) is 11.7 Å². The quantitative estimate of drug-likeness (QED) is 0.277. The molecule has 1 unspecified atom stereocenters. The number of hydrogen-bond acceptors (Lipinski definition) is 3. The summed E-state index contributed by atoms with van der Waals surface area (Å²) >= 11 is 1.32. The number of ether oxygens (including phenoxy) is 1. The monoisotopic (exact) mass is 438 g/mol. The van der Waals surface area contributed by atoms with E-state index in [9.17, 15) is 4.79 Å². The first-order chi connectivity index (χ1) is 15.7. The average Bonchev–Trinajstić information content (AvgIpc) is 2.86. The number of hydrogen-bond donors (Lipinski definition) is 0. The van der Waals surface area contributed by atoms with Crippen LogP contribution in [0.2, 0.25) is 0 Å². The van der Waals surface area contributed by atoms with Crippen molar-refractivity contribution in [3.8, 4) is 0 Å². The second kappa shape index (κ2) is 10.4. The molecule has 1 atom stereocenters. The highest BCUT2D eigenvalue weighted by Crippen LogP contribution is 2.42. The first kappa shape index (κ1) is 22.1. The van der Waals surface area contributed by atoms with E-state index < -0.39 is 5.60 Å². The van der Waals surface area contributed by atoms with Gasteiger partial charge in [0.2, 0.25) is 0 Å². The van der Waals surface area contributed by atoms with Crippen molar-refractivity contribution >= 4 is 16.9 Å². The fourth-order valence-electron chi connectivity index (χ4n) is 4.04. The van der Waals surface area contributed by atoms with Crippen molar-refractivity contribution in [2.24, 2.45) is 0 Å². The van der Waals surface area contributed by atoms with Crippen LogP contribution in [0.25, 0.3) is 0 Å².